The van der Waals surface area contributed by atoms with Crippen molar-refractivity contribution in [3.05, 3.63) is 71.4 Å². The molecule has 0 radical (unpaired) electrons. The second kappa shape index (κ2) is 8.50. The highest BCUT2D eigenvalue weighted by Crippen LogP contribution is 2.39. The van der Waals surface area contributed by atoms with E-state index in [1.54, 1.807) is 12.1 Å². The number of ether oxygens (including phenoxy) is 1. The number of nitrogens with one attached hydrogen (secondary N) is 1. The smallest absolute Gasteiger partial charge is 0.339 e. The number of esters is 1. The molecule has 3 aromatic rings. The molecule has 5 nitrogen and oxygen atoms in total. The summed E-state index contributed by atoms with van der Waals surface area (Å²) in [6, 6.07) is 16.8. The molecule has 0 saturated heterocycles. The first-order valence-electron chi connectivity index (χ1n) is 10.8. The van der Waals surface area contributed by atoms with Crippen LogP contribution in [0.1, 0.15) is 48.8 Å². The lowest BCUT2D eigenvalue weighted by Crippen LogP contribution is -2.29. The Kier molecular flexibility index (Phi) is 5.77. The van der Waals surface area contributed by atoms with Crippen LogP contribution in [-0.4, -0.2) is 23.5 Å². The minimum Gasteiger partial charge on any atom is -0.452 e. The Morgan fingerprint density at radius 1 is 1.06 bits per heavy atom. The van der Waals surface area contributed by atoms with Crippen molar-refractivity contribution in [2.75, 3.05) is 11.9 Å². The molecule has 31 heavy (non-hydrogen) atoms. The Hall–Kier alpha value is -3.21. The van der Waals surface area contributed by atoms with Crippen LogP contribution < -0.4 is 5.32 Å². The molecule has 1 aliphatic carbocycles. The lowest BCUT2D eigenvalue weighted by Gasteiger charge is -2.35. The molecule has 1 amide bonds. The molecule has 5 heteroatoms. The highest BCUT2D eigenvalue weighted by Gasteiger charge is 2.33. The second-order valence-corrected chi connectivity index (χ2v) is 9.23. The molecule has 0 saturated carbocycles. The number of aryl methyl sites for hydroxylation is 1. The van der Waals surface area contributed by atoms with Crippen LogP contribution in [0.2, 0.25) is 0 Å². The maximum absolute atomic E-state index is 13.2. The van der Waals surface area contributed by atoms with Crippen molar-refractivity contribution < 1.29 is 14.3 Å². The number of nitrogens with zero attached hydrogens (tertiary/aromatic N) is 1. The van der Waals surface area contributed by atoms with E-state index in [1.165, 1.54) is 0 Å². The van der Waals surface area contributed by atoms with Crippen molar-refractivity contribution in [2.45, 2.75) is 40.0 Å². The molecule has 1 heterocycles. The molecule has 1 aliphatic rings. The first-order chi connectivity index (χ1) is 14.8. The number of hydrogen-bond donors (Lipinski definition) is 1. The molecule has 2 aromatic carbocycles. The normalized spacial score (nSPS) is 15.9. The van der Waals surface area contributed by atoms with E-state index in [4.69, 9.17) is 9.72 Å². The molecule has 0 aliphatic heterocycles. The predicted molar refractivity (Wildman–Crippen MR) is 122 cm³/mol. The molecule has 1 aromatic heterocycles. The zero-order valence-electron chi connectivity index (χ0n) is 18.3. The number of hydrogen-bond acceptors (Lipinski definition) is 4. The van der Waals surface area contributed by atoms with Crippen molar-refractivity contribution >= 4 is 28.5 Å². The molecule has 0 fully saturated rings. The number of fused-ring (bicyclic) bond motifs is 2. The molecular formula is C26H28N2O3. The molecule has 0 bridgehead atoms. The van der Waals surface area contributed by atoms with Crippen LogP contribution in [0.15, 0.2) is 54.6 Å². The summed E-state index contributed by atoms with van der Waals surface area (Å²) >= 11 is 0. The van der Waals surface area contributed by atoms with Crippen molar-refractivity contribution in [2.24, 2.45) is 11.3 Å². The molecular weight excluding hydrogens is 388 g/mol. The Bertz CT molecular complexity index is 1120. The maximum atomic E-state index is 13.2. The monoisotopic (exact) mass is 416 g/mol. The SMILES string of the molecule is CC(C)(C)[C@@H]1CCc2nc3ccccc3c(C(=O)OCC(=O)Nc3ccccc3)c2C1. The third-order valence-corrected chi connectivity index (χ3v) is 6.08. The van der Waals surface area contributed by atoms with Gasteiger partial charge in [-0.1, -0.05) is 57.2 Å². The number of anilines is 1. The fraction of sp³-hybridized carbons (Fsp3) is 0.346. The number of rotatable bonds is 4. The molecule has 1 atom stereocenters. The van der Waals surface area contributed by atoms with Crippen LogP contribution in [0.3, 0.4) is 0 Å². The number of para-hydroxylation sites is 2. The number of amides is 1. The van der Waals surface area contributed by atoms with Crippen LogP contribution >= 0.6 is 0 Å². The van der Waals surface area contributed by atoms with E-state index in [2.05, 4.69) is 26.1 Å². The van der Waals surface area contributed by atoms with Gasteiger partial charge in [-0.25, -0.2) is 4.79 Å². The minimum atomic E-state index is -0.465. The molecule has 160 valence electrons. The van der Waals surface area contributed by atoms with Crippen LogP contribution in [0.5, 0.6) is 0 Å². The summed E-state index contributed by atoms with van der Waals surface area (Å²) in [5, 5.41) is 3.53. The maximum Gasteiger partial charge on any atom is 0.339 e. The van der Waals surface area contributed by atoms with Gasteiger partial charge < -0.3 is 10.1 Å². The van der Waals surface area contributed by atoms with Gasteiger partial charge in [-0.15, -0.1) is 0 Å². The largest absolute Gasteiger partial charge is 0.452 e. The fourth-order valence-corrected chi connectivity index (χ4v) is 4.28. The van der Waals surface area contributed by atoms with Gasteiger partial charge in [0, 0.05) is 16.8 Å². The highest BCUT2D eigenvalue weighted by molar-refractivity contribution is 6.06. The number of benzene rings is 2. The topological polar surface area (TPSA) is 68.3 Å². The van der Waals surface area contributed by atoms with Gasteiger partial charge in [0.05, 0.1) is 11.1 Å². The second-order valence-electron chi connectivity index (χ2n) is 9.23. The number of carbonyl (C=O) groups excluding carboxylic acids is 2. The summed E-state index contributed by atoms with van der Waals surface area (Å²) in [4.78, 5) is 30.3. The Morgan fingerprint density at radius 2 is 1.77 bits per heavy atom. The minimum absolute atomic E-state index is 0.139. The van der Waals surface area contributed by atoms with Crippen molar-refractivity contribution in [1.29, 1.82) is 0 Å². The third kappa shape index (κ3) is 4.61. The van der Waals surface area contributed by atoms with Gasteiger partial charge in [0.25, 0.3) is 5.91 Å². The van der Waals surface area contributed by atoms with Crippen molar-refractivity contribution in [3.8, 4) is 0 Å². The first kappa shape index (κ1) is 21.0. The van der Waals surface area contributed by atoms with E-state index in [-0.39, 0.29) is 17.9 Å². The van der Waals surface area contributed by atoms with Crippen molar-refractivity contribution in [3.63, 3.8) is 0 Å². The molecule has 0 spiro atoms. The summed E-state index contributed by atoms with van der Waals surface area (Å²) in [5.74, 6) is -0.372. The molecule has 1 N–H and O–H groups in total. The van der Waals surface area contributed by atoms with Gasteiger partial charge in [-0.2, -0.15) is 0 Å². The van der Waals surface area contributed by atoms with Gasteiger partial charge in [-0.05, 0) is 54.4 Å². The summed E-state index contributed by atoms with van der Waals surface area (Å²) in [6.07, 6.45) is 2.68. The zero-order valence-corrected chi connectivity index (χ0v) is 18.3. The third-order valence-electron chi connectivity index (χ3n) is 6.08. The average Bonchev–Trinajstić information content (AvgIpc) is 2.75. The van der Waals surface area contributed by atoms with Crippen molar-refractivity contribution in [1.82, 2.24) is 4.98 Å². The predicted octanol–water partition coefficient (Wildman–Crippen LogP) is 5.18. The van der Waals surface area contributed by atoms with Gasteiger partial charge >= 0.3 is 5.97 Å². The quantitative estimate of drug-likeness (QED) is 0.595. The Morgan fingerprint density at radius 3 is 2.52 bits per heavy atom. The van der Waals surface area contributed by atoms with E-state index in [1.807, 2.05) is 42.5 Å². The van der Waals surface area contributed by atoms with E-state index < -0.39 is 5.97 Å². The lowest BCUT2D eigenvalue weighted by molar-refractivity contribution is -0.119. The van der Waals surface area contributed by atoms with Crippen LogP contribution in [0.4, 0.5) is 5.69 Å². The molecule has 4 rings (SSSR count). The Labute approximate surface area is 182 Å². The van der Waals surface area contributed by atoms with E-state index in [0.717, 1.165) is 41.4 Å². The van der Waals surface area contributed by atoms with E-state index in [0.29, 0.717) is 17.2 Å². The van der Waals surface area contributed by atoms with Crippen LogP contribution in [0, 0.1) is 11.3 Å². The van der Waals surface area contributed by atoms with E-state index in [9.17, 15) is 9.59 Å². The van der Waals surface area contributed by atoms with Gasteiger partial charge in [-0.3, -0.25) is 9.78 Å². The number of carbonyl (C=O) groups is 2. The van der Waals surface area contributed by atoms with Gasteiger partial charge in [0.1, 0.15) is 0 Å². The number of pyridine rings is 1. The average molecular weight is 417 g/mol. The summed E-state index contributed by atoms with van der Waals surface area (Å²) in [6.45, 7) is 6.39. The van der Waals surface area contributed by atoms with Gasteiger partial charge in [0.15, 0.2) is 6.61 Å². The van der Waals surface area contributed by atoms with Gasteiger partial charge in [0.2, 0.25) is 0 Å². The van der Waals surface area contributed by atoms with Crippen LogP contribution in [-0.2, 0) is 22.4 Å². The fourth-order valence-electron chi connectivity index (χ4n) is 4.28. The Balaban J connectivity index is 1.61. The first-order valence-corrected chi connectivity index (χ1v) is 10.8. The van der Waals surface area contributed by atoms with Crippen LogP contribution in [0.25, 0.3) is 10.9 Å². The highest BCUT2D eigenvalue weighted by atomic mass is 16.5. The summed E-state index contributed by atoms with van der Waals surface area (Å²) < 4.78 is 5.48. The van der Waals surface area contributed by atoms with E-state index >= 15 is 0 Å². The zero-order chi connectivity index (χ0) is 22.0. The summed E-state index contributed by atoms with van der Waals surface area (Å²) in [5.41, 5.74) is 4.10. The molecule has 0 unspecified atom stereocenters. The number of aromatic nitrogens is 1. The standard InChI is InChI=1S/C26H28N2O3/c1-26(2,3)17-13-14-22-20(15-17)24(19-11-7-8-12-21(19)28-22)25(30)31-16-23(29)27-18-9-5-4-6-10-18/h4-12,17H,13-16H2,1-3H3,(H,27,29)/t17-/m1/s1. The lowest BCUT2D eigenvalue weighted by atomic mass is 9.70. The summed E-state index contributed by atoms with van der Waals surface area (Å²) in [7, 11) is 0.